The molecule has 2 rings (SSSR count). The van der Waals surface area contributed by atoms with Gasteiger partial charge >= 0.3 is 0 Å². The molecule has 1 aromatic rings. The molecule has 0 fully saturated rings. The van der Waals surface area contributed by atoms with E-state index in [0.717, 1.165) is 24.8 Å². The van der Waals surface area contributed by atoms with Crippen molar-refractivity contribution >= 4 is 10.0 Å². The highest BCUT2D eigenvalue weighted by Crippen LogP contribution is 2.23. The van der Waals surface area contributed by atoms with Crippen LogP contribution in [0.1, 0.15) is 30.9 Å². The zero-order valence-corrected chi connectivity index (χ0v) is 12.5. The van der Waals surface area contributed by atoms with Crippen LogP contribution in [0, 0.1) is 0 Å². The lowest BCUT2D eigenvalue weighted by atomic mass is 9.92. The molecule has 1 aliphatic carbocycles. The summed E-state index contributed by atoms with van der Waals surface area (Å²) in [5, 5.41) is 9.29. The molecule has 2 atom stereocenters. The Morgan fingerprint density at radius 1 is 1.30 bits per heavy atom. The first-order valence-electron chi connectivity index (χ1n) is 6.95. The number of aliphatic hydroxyl groups is 1. The van der Waals surface area contributed by atoms with E-state index in [1.54, 1.807) is 12.1 Å². The number of sulfonamides is 1. The van der Waals surface area contributed by atoms with Crippen molar-refractivity contribution in [3.63, 3.8) is 0 Å². The second-order valence-electron chi connectivity index (χ2n) is 5.39. The number of hydrogen-bond donors (Lipinski definition) is 3. The fourth-order valence-corrected chi connectivity index (χ4v) is 3.46. The molecule has 4 N–H and O–H groups in total. The first-order valence-corrected chi connectivity index (χ1v) is 8.43. The van der Waals surface area contributed by atoms with Crippen molar-refractivity contribution in [1.29, 1.82) is 0 Å². The molecule has 0 saturated heterocycles. The summed E-state index contributed by atoms with van der Waals surface area (Å²) >= 11 is 0. The molecule has 1 aliphatic rings. The summed E-state index contributed by atoms with van der Waals surface area (Å²) in [7, 11) is -3.56. The monoisotopic (exact) mass is 298 g/mol. The SMILES string of the molecule is CC(O)C(N)CNS(=O)(=O)c1ccc2c(c1)CCCC2. The fourth-order valence-electron chi connectivity index (χ4n) is 2.34. The topological polar surface area (TPSA) is 92.4 Å². The van der Waals surface area contributed by atoms with Crippen LogP contribution in [0.25, 0.3) is 0 Å². The molecule has 2 unspecified atom stereocenters. The van der Waals surface area contributed by atoms with Gasteiger partial charge in [-0.2, -0.15) is 0 Å². The van der Waals surface area contributed by atoms with Crippen molar-refractivity contribution in [2.45, 2.75) is 49.6 Å². The third-order valence-corrected chi connectivity index (χ3v) is 5.18. The Kier molecular flexibility index (Phi) is 4.80. The molecular weight excluding hydrogens is 276 g/mol. The summed E-state index contributed by atoms with van der Waals surface area (Å²) in [6.45, 7) is 1.56. The number of aliphatic hydroxyl groups excluding tert-OH is 1. The van der Waals surface area contributed by atoms with Gasteiger partial charge in [-0.25, -0.2) is 13.1 Å². The van der Waals surface area contributed by atoms with Gasteiger partial charge in [0.1, 0.15) is 0 Å². The molecule has 20 heavy (non-hydrogen) atoms. The maximum Gasteiger partial charge on any atom is 0.240 e. The summed E-state index contributed by atoms with van der Waals surface area (Å²) in [6, 6.07) is 4.69. The van der Waals surface area contributed by atoms with Gasteiger partial charge in [0, 0.05) is 12.6 Å². The largest absolute Gasteiger partial charge is 0.392 e. The van der Waals surface area contributed by atoms with E-state index in [1.807, 2.05) is 6.07 Å². The zero-order valence-electron chi connectivity index (χ0n) is 11.7. The standard InChI is InChI=1S/C14H22N2O3S/c1-10(17)14(15)9-16-20(18,19)13-7-6-11-4-2-3-5-12(11)8-13/h6-8,10,14,16-17H,2-5,9,15H2,1H3. The third-order valence-electron chi connectivity index (χ3n) is 3.76. The Morgan fingerprint density at radius 2 is 1.95 bits per heavy atom. The molecule has 5 nitrogen and oxygen atoms in total. The number of fused-ring (bicyclic) bond motifs is 1. The smallest absolute Gasteiger partial charge is 0.240 e. The van der Waals surface area contributed by atoms with Gasteiger partial charge in [0.2, 0.25) is 10.0 Å². The highest BCUT2D eigenvalue weighted by molar-refractivity contribution is 7.89. The molecule has 1 aromatic carbocycles. The summed E-state index contributed by atoms with van der Waals surface area (Å²) < 4.78 is 26.8. The molecule has 0 aromatic heterocycles. The van der Waals surface area contributed by atoms with Gasteiger partial charge in [-0.3, -0.25) is 0 Å². The molecule has 0 spiro atoms. The highest BCUT2D eigenvalue weighted by Gasteiger charge is 2.19. The Bertz CT molecular complexity index is 570. The second-order valence-corrected chi connectivity index (χ2v) is 7.16. The van der Waals surface area contributed by atoms with Crippen molar-refractivity contribution in [3.8, 4) is 0 Å². The lowest BCUT2D eigenvalue weighted by Crippen LogP contribution is -2.43. The minimum Gasteiger partial charge on any atom is -0.392 e. The Labute approximate surface area is 120 Å². The second kappa shape index (κ2) is 6.22. The predicted octanol–water partition coefficient (Wildman–Crippen LogP) is 0.552. The van der Waals surface area contributed by atoms with Crippen molar-refractivity contribution < 1.29 is 13.5 Å². The molecule has 6 heteroatoms. The van der Waals surface area contributed by atoms with Crippen LogP contribution in [0.15, 0.2) is 23.1 Å². The van der Waals surface area contributed by atoms with Gasteiger partial charge in [0.15, 0.2) is 0 Å². The van der Waals surface area contributed by atoms with Gasteiger partial charge in [0.25, 0.3) is 0 Å². The first kappa shape index (κ1) is 15.4. The Morgan fingerprint density at radius 3 is 2.60 bits per heavy atom. The van der Waals surface area contributed by atoms with Gasteiger partial charge in [-0.15, -0.1) is 0 Å². The maximum absolute atomic E-state index is 12.2. The lowest BCUT2D eigenvalue weighted by molar-refractivity contribution is 0.164. The Balaban J connectivity index is 2.13. The summed E-state index contributed by atoms with van der Waals surface area (Å²) in [5.41, 5.74) is 8.01. The van der Waals surface area contributed by atoms with Gasteiger partial charge in [0.05, 0.1) is 11.0 Å². The number of rotatable bonds is 5. The lowest BCUT2D eigenvalue weighted by Gasteiger charge is -2.18. The molecule has 0 saturated carbocycles. The van der Waals surface area contributed by atoms with Crippen LogP contribution >= 0.6 is 0 Å². The molecule has 0 radical (unpaired) electrons. The summed E-state index contributed by atoms with van der Waals surface area (Å²) in [5.74, 6) is 0. The van der Waals surface area contributed by atoms with Gasteiger partial charge in [-0.1, -0.05) is 6.07 Å². The van der Waals surface area contributed by atoms with Crippen LogP contribution in [0.3, 0.4) is 0 Å². The highest BCUT2D eigenvalue weighted by atomic mass is 32.2. The number of nitrogens with one attached hydrogen (secondary N) is 1. The number of benzene rings is 1. The first-order chi connectivity index (χ1) is 9.40. The molecule has 0 heterocycles. The van der Waals surface area contributed by atoms with Crippen molar-refractivity contribution in [3.05, 3.63) is 29.3 Å². The average molecular weight is 298 g/mol. The van der Waals surface area contributed by atoms with Crippen molar-refractivity contribution in [1.82, 2.24) is 4.72 Å². The van der Waals surface area contributed by atoms with Crippen LogP contribution in [0.4, 0.5) is 0 Å². The van der Waals surface area contributed by atoms with Crippen LogP contribution in [-0.2, 0) is 22.9 Å². The van der Waals surface area contributed by atoms with Gasteiger partial charge < -0.3 is 10.8 Å². The minimum absolute atomic E-state index is 0.0249. The molecule has 112 valence electrons. The Hall–Kier alpha value is -0.950. The van der Waals surface area contributed by atoms with Crippen LogP contribution < -0.4 is 10.5 Å². The van der Waals surface area contributed by atoms with Crippen LogP contribution in [0.5, 0.6) is 0 Å². The van der Waals surface area contributed by atoms with E-state index in [0.29, 0.717) is 0 Å². The predicted molar refractivity (Wildman–Crippen MR) is 77.9 cm³/mol. The molecule has 0 amide bonds. The maximum atomic E-state index is 12.2. The van der Waals surface area contributed by atoms with Crippen molar-refractivity contribution in [2.75, 3.05) is 6.54 Å². The van der Waals surface area contributed by atoms with E-state index < -0.39 is 22.2 Å². The van der Waals surface area contributed by atoms with E-state index in [9.17, 15) is 13.5 Å². The van der Waals surface area contributed by atoms with E-state index >= 15 is 0 Å². The van der Waals surface area contributed by atoms with E-state index in [-0.39, 0.29) is 11.4 Å². The van der Waals surface area contributed by atoms with E-state index in [2.05, 4.69) is 4.72 Å². The average Bonchev–Trinajstić information content (AvgIpc) is 2.44. The quantitative estimate of drug-likeness (QED) is 0.740. The number of aryl methyl sites for hydroxylation is 2. The van der Waals surface area contributed by atoms with E-state index in [4.69, 9.17) is 5.73 Å². The van der Waals surface area contributed by atoms with Gasteiger partial charge in [-0.05, 0) is 55.9 Å². The summed E-state index contributed by atoms with van der Waals surface area (Å²) in [6.07, 6.45) is 3.49. The van der Waals surface area contributed by atoms with Crippen molar-refractivity contribution in [2.24, 2.45) is 5.73 Å². The molecular formula is C14H22N2O3S. The minimum atomic E-state index is -3.56. The molecule has 0 aliphatic heterocycles. The van der Waals surface area contributed by atoms with E-state index in [1.165, 1.54) is 18.9 Å². The number of nitrogens with two attached hydrogens (primary N) is 1. The normalized spacial score (nSPS) is 18.4. The summed E-state index contributed by atoms with van der Waals surface area (Å²) in [4.78, 5) is 0.274. The third kappa shape index (κ3) is 3.58. The van der Waals surface area contributed by atoms with Crippen LogP contribution in [-0.4, -0.2) is 32.2 Å². The fraction of sp³-hybridized carbons (Fsp3) is 0.571. The number of hydrogen-bond acceptors (Lipinski definition) is 4. The van der Waals surface area contributed by atoms with Crippen LogP contribution in [0.2, 0.25) is 0 Å². The molecule has 0 bridgehead atoms. The zero-order chi connectivity index (χ0) is 14.8.